The van der Waals surface area contributed by atoms with E-state index < -0.39 is 11.9 Å². The van der Waals surface area contributed by atoms with Crippen LogP contribution in [0.3, 0.4) is 0 Å². The number of carbonyl (C=O) groups is 2. The van der Waals surface area contributed by atoms with Gasteiger partial charge in [-0.15, -0.1) is 0 Å². The van der Waals surface area contributed by atoms with E-state index in [0.29, 0.717) is 26.4 Å². The standard InChI is InChI=1S/C34H28BrClN8O3/c1-22(26-6-2-3-7-29(26)43-17-5-15-38-43)39-32(45)31-30-21-40(33(46)23-8-13-27(35)28(36)20-23)18-19-41(30)34(47)44(31)25-11-9-24(10-12-25)42-16-4-14-37-42/h2-17,20,22H,18-19,21H2,1H3,(H,39,45). The van der Waals surface area contributed by atoms with E-state index in [4.69, 9.17) is 11.6 Å². The molecular formula is C34H28BrClN8O3. The number of para-hydroxylation sites is 1. The number of benzene rings is 3. The minimum Gasteiger partial charge on any atom is -0.344 e. The first-order chi connectivity index (χ1) is 22.8. The summed E-state index contributed by atoms with van der Waals surface area (Å²) in [5.41, 5.74) is 3.64. The maximum Gasteiger partial charge on any atom is 0.333 e. The van der Waals surface area contributed by atoms with Crippen LogP contribution in [0.25, 0.3) is 17.1 Å². The number of carbonyl (C=O) groups excluding carboxylic acids is 2. The first kappa shape index (κ1) is 30.5. The number of fused-ring (bicyclic) bond motifs is 1. The average Bonchev–Trinajstić information content (AvgIpc) is 3.88. The van der Waals surface area contributed by atoms with Crippen LogP contribution in [0.5, 0.6) is 0 Å². The Labute approximate surface area is 282 Å². The Bertz CT molecular complexity index is 2150. The summed E-state index contributed by atoms with van der Waals surface area (Å²) in [4.78, 5) is 43.6. The highest BCUT2D eigenvalue weighted by Gasteiger charge is 2.33. The average molecular weight is 712 g/mol. The fourth-order valence-corrected chi connectivity index (χ4v) is 6.34. The molecule has 13 heteroatoms. The lowest BCUT2D eigenvalue weighted by atomic mass is 10.1. The molecule has 0 aliphatic carbocycles. The van der Waals surface area contributed by atoms with Crippen LogP contribution >= 0.6 is 27.5 Å². The molecule has 0 saturated carbocycles. The number of halogens is 2. The fourth-order valence-electron chi connectivity index (χ4n) is 5.91. The van der Waals surface area contributed by atoms with Crippen molar-refractivity contribution in [2.24, 2.45) is 0 Å². The molecule has 0 radical (unpaired) electrons. The zero-order chi connectivity index (χ0) is 32.7. The predicted molar refractivity (Wildman–Crippen MR) is 180 cm³/mol. The van der Waals surface area contributed by atoms with Crippen molar-refractivity contribution in [3.05, 3.63) is 146 Å². The van der Waals surface area contributed by atoms with Gasteiger partial charge in [-0.25, -0.2) is 14.2 Å². The number of hydrogen-bond donors (Lipinski definition) is 1. The molecule has 4 heterocycles. The third-order valence-electron chi connectivity index (χ3n) is 8.23. The number of aromatic nitrogens is 6. The quantitative estimate of drug-likeness (QED) is 0.233. The minimum absolute atomic E-state index is 0.0567. The summed E-state index contributed by atoms with van der Waals surface area (Å²) >= 11 is 9.66. The van der Waals surface area contributed by atoms with E-state index in [0.717, 1.165) is 16.9 Å². The molecule has 1 aliphatic heterocycles. The largest absolute Gasteiger partial charge is 0.344 e. The van der Waals surface area contributed by atoms with E-state index in [9.17, 15) is 14.4 Å². The first-order valence-electron chi connectivity index (χ1n) is 14.9. The molecule has 2 amide bonds. The molecule has 1 N–H and O–H groups in total. The number of nitrogens with zero attached hydrogens (tertiary/aromatic N) is 7. The molecule has 0 saturated heterocycles. The van der Waals surface area contributed by atoms with Crippen molar-refractivity contribution in [1.82, 2.24) is 38.9 Å². The molecule has 47 heavy (non-hydrogen) atoms. The Morgan fingerprint density at radius 1 is 0.894 bits per heavy atom. The van der Waals surface area contributed by atoms with Crippen LogP contribution in [0.2, 0.25) is 5.02 Å². The predicted octanol–water partition coefficient (Wildman–Crippen LogP) is 5.57. The van der Waals surface area contributed by atoms with Crippen LogP contribution in [0.15, 0.2) is 113 Å². The van der Waals surface area contributed by atoms with Crippen LogP contribution in [-0.2, 0) is 13.1 Å². The normalized spacial score (nSPS) is 13.3. The second-order valence-electron chi connectivity index (χ2n) is 11.1. The molecule has 1 unspecified atom stereocenters. The van der Waals surface area contributed by atoms with E-state index in [2.05, 4.69) is 31.4 Å². The minimum atomic E-state index is -0.449. The Kier molecular flexibility index (Phi) is 8.12. The molecule has 0 fully saturated rings. The van der Waals surface area contributed by atoms with E-state index in [1.807, 2.05) is 67.8 Å². The van der Waals surface area contributed by atoms with E-state index in [1.54, 1.807) is 61.6 Å². The van der Waals surface area contributed by atoms with E-state index in [-0.39, 0.29) is 36.9 Å². The summed E-state index contributed by atoms with van der Waals surface area (Å²) in [7, 11) is 0. The zero-order valence-corrected chi connectivity index (χ0v) is 27.5. The van der Waals surface area contributed by atoms with Gasteiger partial charge in [-0.1, -0.05) is 29.8 Å². The van der Waals surface area contributed by atoms with Crippen molar-refractivity contribution in [3.8, 4) is 17.1 Å². The topological polar surface area (TPSA) is 112 Å². The molecule has 11 nitrogen and oxygen atoms in total. The summed E-state index contributed by atoms with van der Waals surface area (Å²) in [6, 6.07) is 23.1. The third kappa shape index (κ3) is 5.70. The lowest BCUT2D eigenvalue weighted by Crippen LogP contribution is -2.41. The Hall–Kier alpha value is -5.20. The van der Waals surface area contributed by atoms with Gasteiger partial charge >= 0.3 is 5.69 Å². The summed E-state index contributed by atoms with van der Waals surface area (Å²) in [6.45, 7) is 2.45. The summed E-state index contributed by atoms with van der Waals surface area (Å²) in [6.07, 6.45) is 7.04. The highest BCUT2D eigenvalue weighted by atomic mass is 79.9. The number of hydrogen-bond acceptors (Lipinski definition) is 5. The van der Waals surface area contributed by atoms with Crippen LogP contribution in [0.4, 0.5) is 0 Å². The van der Waals surface area contributed by atoms with Gasteiger partial charge in [-0.05, 0) is 89.1 Å². The Balaban J connectivity index is 1.28. The van der Waals surface area contributed by atoms with Gasteiger partial charge in [0.25, 0.3) is 11.8 Å². The second-order valence-corrected chi connectivity index (χ2v) is 12.4. The maximum absolute atomic E-state index is 14.3. The highest BCUT2D eigenvalue weighted by molar-refractivity contribution is 9.10. The molecule has 3 aromatic heterocycles. The summed E-state index contributed by atoms with van der Waals surface area (Å²) in [5, 5.41) is 12.2. The molecule has 236 valence electrons. The third-order valence-corrected chi connectivity index (χ3v) is 9.46. The van der Waals surface area contributed by atoms with E-state index in [1.165, 1.54) is 4.57 Å². The van der Waals surface area contributed by atoms with Crippen LogP contribution in [0, 0.1) is 0 Å². The zero-order valence-electron chi connectivity index (χ0n) is 25.1. The number of rotatable bonds is 7. The van der Waals surface area contributed by atoms with Gasteiger partial charge in [0.05, 0.1) is 40.4 Å². The van der Waals surface area contributed by atoms with Crippen molar-refractivity contribution < 1.29 is 9.59 Å². The van der Waals surface area contributed by atoms with Crippen LogP contribution < -0.4 is 11.0 Å². The fraction of sp³-hybridized carbons (Fsp3) is 0.147. The first-order valence-corrected chi connectivity index (χ1v) is 16.1. The van der Waals surface area contributed by atoms with Gasteiger partial charge in [0, 0.05) is 47.9 Å². The van der Waals surface area contributed by atoms with Crippen LogP contribution in [0.1, 0.15) is 45.1 Å². The van der Waals surface area contributed by atoms with Crippen molar-refractivity contribution in [2.75, 3.05) is 6.54 Å². The molecular weight excluding hydrogens is 684 g/mol. The van der Waals surface area contributed by atoms with Gasteiger partial charge < -0.3 is 10.2 Å². The van der Waals surface area contributed by atoms with E-state index >= 15 is 0 Å². The van der Waals surface area contributed by atoms with Crippen molar-refractivity contribution in [1.29, 1.82) is 0 Å². The van der Waals surface area contributed by atoms with Crippen molar-refractivity contribution in [3.63, 3.8) is 0 Å². The lowest BCUT2D eigenvalue weighted by molar-refractivity contribution is 0.0706. The van der Waals surface area contributed by atoms with Crippen LogP contribution in [-0.4, -0.2) is 52.0 Å². The number of nitrogens with one attached hydrogen (secondary N) is 1. The van der Waals surface area contributed by atoms with Gasteiger partial charge in [-0.2, -0.15) is 10.2 Å². The summed E-state index contributed by atoms with van der Waals surface area (Å²) < 4.78 is 7.14. The maximum atomic E-state index is 14.3. The molecule has 0 spiro atoms. The van der Waals surface area contributed by atoms with Gasteiger partial charge in [0.15, 0.2) is 0 Å². The second kappa shape index (κ2) is 12.5. The van der Waals surface area contributed by atoms with Crippen molar-refractivity contribution in [2.45, 2.75) is 26.1 Å². The Morgan fingerprint density at radius 2 is 1.60 bits per heavy atom. The van der Waals surface area contributed by atoms with Gasteiger partial charge in [0.2, 0.25) is 0 Å². The molecule has 3 aromatic carbocycles. The lowest BCUT2D eigenvalue weighted by Gasteiger charge is -2.28. The molecule has 7 rings (SSSR count). The SMILES string of the molecule is CC(NC(=O)c1c2n(c(=O)n1-c1ccc(-n3cccn3)cc1)CCN(C(=O)c1ccc(Br)c(Cl)c1)C2)c1ccccc1-n1cccn1. The monoisotopic (exact) mass is 710 g/mol. The number of amides is 2. The van der Waals surface area contributed by atoms with Gasteiger partial charge in [-0.3, -0.25) is 18.7 Å². The van der Waals surface area contributed by atoms with Gasteiger partial charge in [0.1, 0.15) is 5.69 Å². The van der Waals surface area contributed by atoms with Crippen molar-refractivity contribution >= 4 is 39.3 Å². The molecule has 1 atom stereocenters. The molecule has 6 aromatic rings. The molecule has 0 bridgehead atoms. The Morgan fingerprint density at radius 3 is 2.30 bits per heavy atom. The number of imidazole rings is 1. The molecule has 1 aliphatic rings. The highest BCUT2D eigenvalue weighted by Crippen LogP contribution is 2.27. The summed E-state index contributed by atoms with van der Waals surface area (Å²) in [5.74, 6) is -0.696. The smallest absolute Gasteiger partial charge is 0.333 e.